The Balaban J connectivity index is 1.57. The molecule has 2 aromatic carbocycles. The van der Waals surface area contributed by atoms with E-state index in [2.05, 4.69) is 10.6 Å². The fourth-order valence-electron chi connectivity index (χ4n) is 4.35. The van der Waals surface area contributed by atoms with E-state index >= 15 is 0 Å². The van der Waals surface area contributed by atoms with Gasteiger partial charge in [-0.05, 0) is 62.4 Å². The third-order valence-electron chi connectivity index (χ3n) is 6.15. The number of carbonyl (C=O) groups excluding carboxylic acids is 2. The van der Waals surface area contributed by atoms with Crippen LogP contribution in [0.25, 0.3) is 0 Å². The van der Waals surface area contributed by atoms with Crippen molar-refractivity contribution in [3.05, 3.63) is 63.6 Å². The van der Waals surface area contributed by atoms with E-state index in [9.17, 15) is 9.59 Å². The minimum absolute atomic E-state index is 0.00453. The summed E-state index contributed by atoms with van der Waals surface area (Å²) in [4.78, 5) is 25.5. The maximum absolute atomic E-state index is 13.0. The molecule has 2 N–H and O–H groups in total. The van der Waals surface area contributed by atoms with Crippen LogP contribution in [-0.4, -0.2) is 31.6 Å². The van der Waals surface area contributed by atoms with Crippen LogP contribution in [0.5, 0.6) is 0 Å². The molecule has 0 heterocycles. The lowest BCUT2D eigenvalue weighted by molar-refractivity contribution is -0.132. The molecule has 7 heteroatoms. The van der Waals surface area contributed by atoms with Gasteiger partial charge in [-0.25, -0.2) is 0 Å². The number of halogens is 2. The number of hydrogen-bond acceptors (Lipinski definition) is 3. The zero-order chi connectivity index (χ0) is 23.1. The number of anilines is 1. The van der Waals surface area contributed by atoms with Gasteiger partial charge in [0.05, 0.1) is 21.0 Å². The van der Waals surface area contributed by atoms with Gasteiger partial charge >= 0.3 is 0 Å². The molecule has 32 heavy (non-hydrogen) atoms. The monoisotopic (exact) mass is 476 g/mol. The topological polar surface area (TPSA) is 67.4 Å². The van der Waals surface area contributed by atoms with Crippen LogP contribution in [0.4, 0.5) is 5.69 Å². The van der Waals surface area contributed by atoms with Crippen LogP contribution in [0.15, 0.2) is 42.5 Å². The van der Waals surface area contributed by atoms with Gasteiger partial charge in [0.15, 0.2) is 0 Å². The molecule has 0 aromatic heterocycles. The van der Waals surface area contributed by atoms with Crippen molar-refractivity contribution in [1.82, 2.24) is 5.32 Å². The lowest BCUT2D eigenvalue weighted by Crippen LogP contribution is -2.44. The Labute approximate surface area is 199 Å². The number of carbonyl (C=O) groups is 2. The third-order valence-corrected chi connectivity index (χ3v) is 6.78. The van der Waals surface area contributed by atoms with Crippen LogP contribution in [0.2, 0.25) is 10.0 Å². The van der Waals surface area contributed by atoms with E-state index in [-0.39, 0.29) is 28.8 Å². The Morgan fingerprint density at radius 1 is 1.06 bits per heavy atom. The molecule has 1 unspecified atom stereocenters. The maximum atomic E-state index is 13.0. The van der Waals surface area contributed by atoms with E-state index in [1.807, 2.05) is 31.2 Å². The van der Waals surface area contributed by atoms with Gasteiger partial charge in [-0.2, -0.15) is 0 Å². The summed E-state index contributed by atoms with van der Waals surface area (Å²) in [5, 5.41) is 6.65. The highest BCUT2D eigenvalue weighted by atomic mass is 35.5. The average Bonchev–Trinajstić information content (AvgIpc) is 3.24. The lowest BCUT2D eigenvalue weighted by atomic mass is 9.81. The Morgan fingerprint density at radius 2 is 1.69 bits per heavy atom. The van der Waals surface area contributed by atoms with Crippen molar-refractivity contribution in [2.45, 2.75) is 51.5 Å². The molecule has 0 radical (unpaired) electrons. The van der Waals surface area contributed by atoms with Gasteiger partial charge in [0.2, 0.25) is 5.91 Å². The predicted octanol–water partition coefficient (Wildman–Crippen LogP) is 5.89. The Kier molecular flexibility index (Phi) is 8.57. The molecule has 2 amide bonds. The normalized spacial score (nSPS) is 15.9. The quantitative estimate of drug-likeness (QED) is 0.473. The second kappa shape index (κ2) is 11.2. The van der Waals surface area contributed by atoms with E-state index in [1.54, 1.807) is 25.3 Å². The maximum Gasteiger partial charge on any atom is 0.258 e. The van der Waals surface area contributed by atoms with Crippen molar-refractivity contribution >= 4 is 40.7 Å². The first kappa shape index (κ1) is 24.6. The van der Waals surface area contributed by atoms with Gasteiger partial charge in [0.25, 0.3) is 5.91 Å². The van der Waals surface area contributed by atoms with Crippen LogP contribution < -0.4 is 10.6 Å². The molecule has 0 aliphatic heterocycles. The summed E-state index contributed by atoms with van der Waals surface area (Å²) >= 11 is 12.2. The zero-order valence-electron chi connectivity index (χ0n) is 18.5. The summed E-state index contributed by atoms with van der Waals surface area (Å²) in [5.41, 5.74) is 1.68. The lowest BCUT2D eigenvalue weighted by Gasteiger charge is -2.29. The van der Waals surface area contributed by atoms with Gasteiger partial charge in [-0.1, -0.05) is 54.2 Å². The molecule has 1 aliphatic carbocycles. The molecule has 5 nitrogen and oxygen atoms in total. The molecule has 1 aliphatic rings. The molecule has 3 rings (SSSR count). The molecular weight excluding hydrogens is 447 g/mol. The Bertz CT molecular complexity index is 920. The van der Waals surface area contributed by atoms with Gasteiger partial charge in [0.1, 0.15) is 0 Å². The number of rotatable bonds is 9. The summed E-state index contributed by atoms with van der Waals surface area (Å²) < 4.78 is 5.23. The van der Waals surface area contributed by atoms with Crippen molar-refractivity contribution < 1.29 is 14.3 Å². The number of amides is 2. The third kappa shape index (κ3) is 6.03. The number of nitrogens with one attached hydrogen (secondary N) is 2. The Hall–Kier alpha value is -2.08. The molecule has 0 spiro atoms. The highest BCUT2D eigenvalue weighted by molar-refractivity contribution is 6.40. The summed E-state index contributed by atoms with van der Waals surface area (Å²) in [5.74, 6) is -0.216. The number of ether oxygens (including phenoxy) is 1. The predicted molar refractivity (Wildman–Crippen MR) is 130 cm³/mol. The molecule has 0 bridgehead atoms. The van der Waals surface area contributed by atoms with Crippen LogP contribution >= 0.6 is 23.2 Å². The highest BCUT2D eigenvalue weighted by Gasteiger charge is 2.40. The van der Waals surface area contributed by atoms with Crippen LogP contribution in [0.1, 0.15) is 54.9 Å². The molecule has 172 valence electrons. The van der Waals surface area contributed by atoms with Crippen molar-refractivity contribution in [1.29, 1.82) is 0 Å². The first-order valence-electron chi connectivity index (χ1n) is 11.0. The molecule has 1 saturated carbocycles. The fraction of sp³-hybridized carbons (Fsp3) is 0.440. The first-order chi connectivity index (χ1) is 15.3. The first-order valence-corrected chi connectivity index (χ1v) is 11.7. The summed E-state index contributed by atoms with van der Waals surface area (Å²) in [6.45, 7) is 2.63. The second-order valence-electron chi connectivity index (χ2n) is 8.56. The standard InChI is InChI=1S/C25H30Cl2N2O3/c1-17(28-24(31)25(14-15-32-2)12-3-4-13-25)16-18-8-10-19(11-9-18)29-23(30)22-20(26)6-5-7-21(22)27/h5-11,17H,3-4,12-16H2,1-2H3,(H,28,31)(H,29,30). The molecule has 1 atom stereocenters. The van der Waals surface area contributed by atoms with Gasteiger partial charge in [-0.15, -0.1) is 0 Å². The molecular formula is C25H30Cl2N2O3. The minimum atomic E-state index is -0.355. The van der Waals surface area contributed by atoms with E-state index in [4.69, 9.17) is 27.9 Å². The minimum Gasteiger partial charge on any atom is -0.385 e. The van der Waals surface area contributed by atoms with E-state index in [0.29, 0.717) is 28.8 Å². The average molecular weight is 477 g/mol. The highest BCUT2D eigenvalue weighted by Crippen LogP contribution is 2.41. The Morgan fingerprint density at radius 3 is 2.28 bits per heavy atom. The molecule has 0 saturated heterocycles. The van der Waals surface area contributed by atoms with Crippen molar-refractivity contribution in [3.8, 4) is 0 Å². The van der Waals surface area contributed by atoms with Crippen LogP contribution in [-0.2, 0) is 16.0 Å². The van der Waals surface area contributed by atoms with Gasteiger partial charge in [-0.3, -0.25) is 9.59 Å². The van der Waals surface area contributed by atoms with Crippen LogP contribution in [0, 0.1) is 5.41 Å². The largest absolute Gasteiger partial charge is 0.385 e. The van der Waals surface area contributed by atoms with E-state index in [0.717, 1.165) is 37.7 Å². The van der Waals surface area contributed by atoms with Crippen LogP contribution in [0.3, 0.4) is 0 Å². The summed E-state index contributed by atoms with van der Waals surface area (Å²) in [7, 11) is 1.68. The number of methoxy groups -OCH3 is 1. The van der Waals surface area contributed by atoms with Gasteiger partial charge in [0, 0.05) is 25.4 Å². The summed E-state index contributed by atoms with van der Waals surface area (Å²) in [6.07, 6.45) is 5.52. The second-order valence-corrected chi connectivity index (χ2v) is 9.37. The van der Waals surface area contributed by atoms with E-state index in [1.165, 1.54) is 0 Å². The smallest absolute Gasteiger partial charge is 0.258 e. The summed E-state index contributed by atoms with van der Waals surface area (Å²) in [6, 6.07) is 12.5. The van der Waals surface area contributed by atoms with Crippen molar-refractivity contribution in [3.63, 3.8) is 0 Å². The van der Waals surface area contributed by atoms with E-state index < -0.39 is 0 Å². The van der Waals surface area contributed by atoms with Crippen molar-refractivity contribution in [2.75, 3.05) is 19.0 Å². The SMILES string of the molecule is COCCC1(C(=O)NC(C)Cc2ccc(NC(=O)c3c(Cl)cccc3Cl)cc2)CCCC1. The number of benzene rings is 2. The van der Waals surface area contributed by atoms with Crippen molar-refractivity contribution in [2.24, 2.45) is 5.41 Å². The fourth-order valence-corrected chi connectivity index (χ4v) is 4.92. The molecule has 1 fully saturated rings. The van der Waals surface area contributed by atoms with Gasteiger partial charge < -0.3 is 15.4 Å². The molecule has 2 aromatic rings. The zero-order valence-corrected chi connectivity index (χ0v) is 20.1. The number of hydrogen-bond donors (Lipinski definition) is 2.